The van der Waals surface area contributed by atoms with Crippen molar-refractivity contribution in [1.82, 2.24) is 5.32 Å². The maximum absolute atomic E-state index is 11.8. The second-order valence-corrected chi connectivity index (χ2v) is 11.6. The van der Waals surface area contributed by atoms with Gasteiger partial charge in [-0.2, -0.15) is 0 Å². The third kappa shape index (κ3) is 5.02. The zero-order valence-electron chi connectivity index (χ0n) is 21.9. The molecule has 0 aromatic heterocycles. The molecular formula is C26H41NO11. The summed E-state index contributed by atoms with van der Waals surface area (Å²) in [6.07, 6.45) is 2.14. The molecule has 0 radical (unpaired) electrons. The lowest BCUT2D eigenvalue weighted by atomic mass is 9.94. The second-order valence-electron chi connectivity index (χ2n) is 11.6. The van der Waals surface area contributed by atoms with Gasteiger partial charge in [0.2, 0.25) is 5.91 Å². The molecule has 0 aromatic carbocycles. The SMILES string of the molecule is CC(=O)NC1C(OCC2OC3OC4(CCCCC4)OC3C3OC4(CCCCC4)OC23)OC(CO)C(O)C1O. The Morgan fingerprint density at radius 3 is 2.05 bits per heavy atom. The molecule has 2 aliphatic carbocycles. The van der Waals surface area contributed by atoms with E-state index in [0.717, 1.165) is 64.2 Å². The van der Waals surface area contributed by atoms with Crippen LogP contribution in [0.3, 0.4) is 0 Å². The number of nitrogens with one attached hydrogen (secondary N) is 1. The summed E-state index contributed by atoms with van der Waals surface area (Å²) >= 11 is 0. The van der Waals surface area contributed by atoms with Crippen molar-refractivity contribution in [1.29, 1.82) is 0 Å². The molecule has 2 spiro atoms. The number of fused-ring (bicyclic) bond motifs is 3. The van der Waals surface area contributed by atoms with E-state index in [1.54, 1.807) is 0 Å². The van der Waals surface area contributed by atoms with Gasteiger partial charge in [0.05, 0.1) is 13.2 Å². The maximum atomic E-state index is 11.8. The lowest BCUT2D eigenvalue weighted by Gasteiger charge is -2.43. The molecule has 12 nitrogen and oxygen atoms in total. The van der Waals surface area contributed by atoms with Crippen LogP contribution in [-0.2, 0) is 38.0 Å². The molecule has 216 valence electrons. The summed E-state index contributed by atoms with van der Waals surface area (Å²) in [6.45, 7) is 0.767. The van der Waals surface area contributed by atoms with E-state index in [1.165, 1.54) is 6.92 Å². The van der Waals surface area contributed by atoms with Crippen LogP contribution < -0.4 is 5.32 Å². The Labute approximate surface area is 222 Å². The Bertz CT molecular complexity index is 847. The van der Waals surface area contributed by atoms with Gasteiger partial charge in [-0.15, -0.1) is 0 Å². The molecule has 4 aliphatic heterocycles. The van der Waals surface area contributed by atoms with E-state index < -0.39 is 85.4 Å². The topological polar surface area (TPSA) is 154 Å². The van der Waals surface area contributed by atoms with Gasteiger partial charge in [0.15, 0.2) is 24.2 Å². The number of carbonyl (C=O) groups is 1. The fraction of sp³-hybridized carbons (Fsp3) is 0.962. The molecule has 0 bridgehead atoms. The predicted molar refractivity (Wildman–Crippen MR) is 127 cm³/mol. The minimum atomic E-state index is -1.39. The third-order valence-corrected chi connectivity index (χ3v) is 8.88. The number of ether oxygens (including phenoxy) is 7. The van der Waals surface area contributed by atoms with Crippen LogP contribution in [0, 0.1) is 0 Å². The summed E-state index contributed by atoms with van der Waals surface area (Å²) in [4.78, 5) is 11.8. The highest BCUT2D eigenvalue weighted by Gasteiger charge is 2.64. The van der Waals surface area contributed by atoms with E-state index in [9.17, 15) is 20.1 Å². The lowest BCUT2D eigenvalue weighted by Crippen LogP contribution is -2.65. The Morgan fingerprint density at radius 2 is 1.42 bits per heavy atom. The van der Waals surface area contributed by atoms with Crippen LogP contribution in [0.2, 0.25) is 0 Å². The Kier molecular flexibility index (Phi) is 7.75. The highest BCUT2D eigenvalue weighted by Crippen LogP contribution is 2.51. The summed E-state index contributed by atoms with van der Waals surface area (Å²) < 4.78 is 44.4. The van der Waals surface area contributed by atoms with Crippen molar-refractivity contribution in [2.24, 2.45) is 0 Å². The summed E-state index contributed by atoms with van der Waals surface area (Å²) in [7, 11) is 0. The van der Waals surface area contributed by atoms with Crippen LogP contribution in [0.25, 0.3) is 0 Å². The summed E-state index contributed by atoms with van der Waals surface area (Å²) in [6, 6.07) is -1.04. The molecule has 1 amide bonds. The van der Waals surface area contributed by atoms with Crippen molar-refractivity contribution in [2.75, 3.05) is 13.2 Å². The van der Waals surface area contributed by atoms with Gasteiger partial charge in [-0.05, 0) is 25.7 Å². The quantitative estimate of drug-likeness (QED) is 0.376. The number of amides is 1. The van der Waals surface area contributed by atoms with Crippen LogP contribution in [0.1, 0.15) is 71.1 Å². The van der Waals surface area contributed by atoms with E-state index in [-0.39, 0.29) is 6.61 Å². The number of aliphatic hydroxyl groups excluding tert-OH is 3. The molecular weight excluding hydrogens is 502 g/mol. The summed E-state index contributed by atoms with van der Waals surface area (Å²) in [5.74, 6) is -1.77. The first-order chi connectivity index (χ1) is 18.3. The van der Waals surface area contributed by atoms with Gasteiger partial charge in [0.25, 0.3) is 0 Å². The van der Waals surface area contributed by atoms with Crippen LogP contribution in [0.5, 0.6) is 0 Å². The number of rotatable bonds is 5. The minimum absolute atomic E-state index is 0.0120. The highest BCUT2D eigenvalue weighted by molar-refractivity contribution is 5.73. The molecule has 4 heterocycles. The van der Waals surface area contributed by atoms with Gasteiger partial charge in [-0.3, -0.25) is 4.79 Å². The Hall–Kier alpha value is -0.930. The predicted octanol–water partition coefficient (Wildman–Crippen LogP) is 0.192. The van der Waals surface area contributed by atoms with Crippen LogP contribution in [0.4, 0.5) is 0 Å². The minimum Gasteiger partial charge on any atom is -0.394 e. The average Bonchev–Trinajstić information content (AvgIpc) is 3.44. The first-order valence-electron chi connectivity index (χ1n) is 14.2. The molecule has 6 rings (SSSR count). The van der Waals surface area contributed by atoms with Crippen LogP contribution in [-0.4, -0.2) is 107 Å². The van der Waals surface area contributed by atoms with Crippen molar-refractivity contribution in [3.05, 3.63) is 0 Å². The molecule has 6 fully saturated rings. The van der Waals surface area contributed by atoms with Gasteiger partial charge < -0.3 is 53.8 Å². The van der Waals surface area contributed by atoms with E-state index in [2.05, 4.69) is 5.32 Å². The Balaban J connectivity index is 1.20. The maximum Gasteiger partial charge on any atom is 0.217 e. The zero-order chi connectivity index (χ0) is 26.5. The van der Waals surface area contributed by atoms with Crippen molar-refractivity contribution >= 4 is 5.91 Å². The van der Waals surface area contributed by atoms with Crippen LogP contribution >= 0.6 is 0 Å². The monoisotopic (exact) mass is 543 g/mol. The molecule has 4 N–H and O–H groups in total. The third-order valence-electron chi connectivity index (χ3n) is 8.88. The smallest absolute Gasteiger partial charge is 0.217 e. The fourth-order valence-electron chi connectivity index (χ4n) is 6.98. The van der Waals surface area contributed by atoms with Crippen LogP contribution in [0.15, 0.2) is 0 Å². The molecule has 12 heteroatoms. The lowest BCUT2D eigenvalue weighted by molar-refractivity contribution is -0.294. The van der Waals surface area contributed by atoms with Crippen molar-refractivity contribution in [3.8, 4) is 0 Å². The first kappa shape index (κ1) is 27.3. The molecule has 4 saturated heterocycles. The first-order valence-corrected chi connectivity index (χ1v) is 14.2. The van der Waals surface area contributed by atoms with E-state index in [1.807, 2.05) is 0 Å². The highest BCUT2D eigenvalue weighted by atomic mass is 16.9. The van der Waals surface area contributed by atoms with Gasteiger partial charge >= 0.3 is 0 Å². The summed E-state index contributed by atoms with van der Waals surface area (Å²) in [5, 5.41) is 33.2. The molecule has 10 unspecified atom stereocenters. The molecule has 10 atom stereocenters. The molecule has 2 saturated carbocycles. The zero-order valence-corrected chi connectivity index (χ0v) is 21.9. The molecule has 0 aromatic rings. The normalized spacial score (nSPS) is 45.6. The number of carbonyl (C=O) groups excluding carboxylic acids is 1. The second kappa shape index (κ2) is 10.8. The van der Waals surface area contributed by atoms with Crippen molar-refractivity contribution < 1.29 is 53.3 Å². The average molecular weight is 544 g/mol. The molecule has 38 heavy (non-hydrogen) atoms. The van der Waals surface area contributed by atoms with Gasteiger partial charge in [0.1, 0.15) is 48.8 Å². The number of hydrogen-bond acceptors (Lipinski definition) is 11. The van der Waals surface area contributed by atoms with Crippen molar-refractivity contribution in [3.63, 3.8) is 0 Å². The van der Waals surface area contributed by atoms with Gasteiger partial charge in [0, 0.05) is 32.6 Å². The largest absolute Gasteiger partial charge is 0.394 e. The van der Waals surface area contributed by atoms with Gasteiger partial charge in [-0.25, -0.2) is 0 Å². The molecule has 6 aliphatic rings. The van der Waals surface area contributed by atoms with Crippen molar-refractivity contribution in [2.45, 2.75) is 144 Å². The Morgan fingerprint density at radius 1 is 0.816 bits per heavy atom. The van der Waals surface area contributed by atoms with Gasteiger partial charge in [-0.1, -0.05) is 12.8 Å². The van der Waals surface area contributed by atoms with E-state index >= 15 is 0 Å². The standard InChI is InChI=1S/C26H41NO11/c1-14(29)27-17-19(31)18(30)15(12-28)33-23(17)32-13-16-20-21(36-25(35-20)8-4-2-5-9-25)22-24(34-16)38-26(37-22)10-6-3-7-11-26/h15-24,28,30-31H,2-13H2,1H3,(H,27,29). The van der Waals surface area contributed by atoms with E-state index in [0.29, 0.717) is 0 Å². The van der Waals surface area contributed by atoms with E-state index in [4.69, 9.17) is 33.2 Å². The number of aliphatic hydroxyl groups is 3. The number of hydrogen-bond donors (Lipinski definition) is 4. The fourth-order valence-corrected chi connectivity index (χ4v) is 6.98. The summed E-state index contributed by atoms with van der Waals surface area (Å²) in [5.41, 5.74) is 0.